The van der Waals surface area contributed by atoms with E-state index < -0.39 is 17.0 Å². The van der Waals surface area contributed by atoms with E-state index in [1.165, 1.54) is 12.1 Å². The van der Waals surface area contributed by atoms with Crippen LogP contribution in [-0.2, 0) is 22.6 Å². The molecule has 3 heterocycles. The lowest BCUT2D eigenvalue weighted by molar-refractivity contribution is -0.384. The molecule has 3 aromatic carbocycles. The van der Waals surface area contributed by atoms with Crippen LogP contribution in [-0.4, -0.2) is 44.1 Å². The van der Waals surface area contributed by atoms with Crippen molar-refractivity contribution in [3.63, 3.8) is 0 Å². The number of non-ortho nitro benzene ring substituents is 1. The summed E-state index contributed by atoms with van der Waals surface area (Å²) in [5, 5.41) is 12.2. The molecule has 8 nitrogen and oxygen atoms in total. The lowest BCUT2D eigenvalue weighted by Gasteiger charge is -2.47. The third-order valence-electron chi connectivity index (χ3n) is 7.26. The van der Waals surface area contributed by atoms with Crippen molar-refractivity contribution < 1.29 is 14.5 Å². The number of nitrogens with zero attached hydrogens (tertiary/aromatic N) is 3. The first-order valence-corrected chi connectivity index (χ1v) is 11.9. The molecule has 1 aromatic heterocycles. The van der Waals surface area contributed by atoms with Crippen molar-refractivity contribution in [3.05, 3.63) is 111 Å². The summed E-state index contributed by atoms with van der Waals surface area (Å²) in [6, 6.07) is 20.9. The van der Waals surface area contributed by atoms with Gasteiger partial charge in [-0.3, -0.25) is 19.7 Å². The summed E-state index contributed by atoms with van der Waals surface area (Å²) in [6.07, 6.45) is 0.414. The molecule has 1 saturated heterocycles. The molecule has 0 radical (unpaired) electrons. The van der Waals surface area contributed by atoms with Crippen LogP contribution in [0.25, 0.3) is 10.9 Å². The van der Waals surface area contributed by atoms with Gasteiger partial charge in [-0.2, -0.15) is 0 Å². The Labute approximate surface area is 207 Å². The van der Waals surface area contributed by atoms with Crippen LogP contribution >= 0.6 is 0 Å². The number of carbonyl (C=O) groups excluding carboxylic acids is 2. The lowest BCUT2D eigenvalue weighted by Crippen LogP contribution is -2.62. The summed E-state index contributed by atoms with van der Waals surface area (Å²) >= 11 is 0. The van der Waals surface area contributed by atoms with E-state index in [1.54, 1.807) is 21.9 Å². The van der Waals surface area contributed by atoms with E-state index in [2.05, 4.69) is 4.98 Å². The highest BCUT2D eigenvalue weighted by atomic mass is 16.6. The summed E-state index contributed by atoms with van der Waals surface area (Å²) in [7, 11) is 0. The number of nitro groups is 1. The SMILES string of the molecule is Cc1ccc(CN2CC(=O)N3[C@H](c4ccc([N+](=O)[O-])cc4)c4[nH]c5ccccc5c4C[C@@H]3C2=O)cc1. The van der Waals surface area contributed by atoms with E-state index >= 15 is 0 Å². The average molecular weight is 481 g/mol. The van der Waals surface area contributed by atoms with Gasteiger partial charge in [0.1, 0.15) is 12.6 Å². The Morgan fingerprint density at radius 1 is 1.00 bits per heavy atom. The Bertz CT molecular complexity index is 1510. The molecule has 180 valence electrons. The summed E-state index contributed by atoms with van der Waals surface area (Å²) in [5.41, 5.74) is 5.62. The Morgan fingerprint density at radius 3 is 2.44 bits per heavy atom. The third kappa shape index (κ3) is 3.53. The quantitative estimate of drug-likeness (QED) is 0.348. The van der Waals surface area contributed by atoms with Gasteiger partial charge in [0, 0.05) is 41.7 Å². The average Bonchev–Trinajstić information content (AvgIpc) is 3.25. The van der Waals surface area contributed by atoms with E-state index in [-0.39, 0.29) is 24.0 Å². The van der Waals surface area contributed by atoms with Gasteiger partial charge in [-0.25, -0.2) is 0 Å². The molecule has 2 aliphatic rings. The van der Waals surface area contributed by atoms with E-state index in [0.717, 1.165) is 38.9 Å². The molecule has 2 amide bonds. The normalized spacial score (nSPS) is 19.4. The van der Waals surface area contributed by atoms with E-state index in [9.17, 15) is 19.7 Å². The summed E-state index contributed by atoms with van der Waals surface area (Å²) in [5.74, 6) is -0.225. The van der Waals surface area contributed by atoms with Gasteiger partial charge in [0.2, 0.25) is 11.8 Å². The minimum atomic E-state index is -0.649. The van der Waals surface area contributed by atoms with Gasteiger partial charge in [0.15, 0.2) is 0 Å². The van der Waals surface area contributed by atoms with Gasteiger partial charge in [-0.15, -0.1) is 0 Å². The Kier molecular flexibility index (Phi) is 5.10. The van der Waals surface area contributed by atoms with Gasteiger partial charge < -0.3 is 14.8 Å². The van der Waals surface area contributed by atoms with Crippen LogP contribution in [0, 0.1) is 17.0 Å². The number of amides is 2. The highest BCUT2D eigenvalue weighted by Gasteiger charge is 2.48. The maximum absolute atomic E-state index is 13.8. The number of H-pyrrole nitrogens is 1. The number of hydrogen-bond acceptors (Lipinski definition) is 4. The van der Waals surface area contributed by atoms with Crippen LogP contribution in [0.5, 0.6) is 0 Å². The fraction of sp³-hybridized carbons (Fsp3) is 0.214. The topological polar surface area (TPSA) is 99.5 Å². The van der Waals surface area contributed by atoms with Crippen molar-refractivity contribution in [1.29, 1.82) is 0 Å². The molecule has 2 aliphatic heterocycles. The number of para-hydroxylation sites is 1. The molecular weight excluding hydrogens is 456 g/mol. The maximum atomic E-state index is 13.8. The number of hydrogen-bond donors (Lipinski definition) is 1. The summed E-state index contributed by atoms with van der Waals surface area (Å²) in [4.78, 5) is 45.0. The molecule has 1 N–H and O–H groups in total. The number of rotatable bonds is 4. The first-order chi connectivity index (χ1) is 17.4. The molecule has 0 unspecified atom stereocenters. The zero-order chi connectivity index (χ0) is 25.0. The molecule has 0 spiro atoms. The number of aryl methyl sites for hydroxylation is 1. The Morgan fingerprint density at radius 2 is 1.72 bits per heavy atom. The number of nitrogens with one attached hydrogen (secondary N) is 1. The van der Waals surface area contributed by atoms with Crippen LogP contribution in [0.2, 0.25) is 0 Å². The molecule has 0 aliphatic carbocycles. The monoisotopic (exact) mass is 480 g/mol. The van der Waals surface area contributed by atoms with Gasteiger partial charge >= 0.3 is 0 Å². The van der Waals surface area contributed by atoms with Crippen LogP contribution in [0.1, 0.15) is 34.0 Å². The minimum Gasteiger partial charge on any atom is -0.356 e. The number of carbonyl (C=O) groups is 2. The smallest absolute Gasteiger partial charge is 0.269 e. The number of fused-ring (bicyclic) bond motifs is 4. The second kappa shape index (κ2) is 8.34. The van der Waals surface area contributed by atoms with Gasteiger partial charge in [-0.1, -0.05) is 48.0 Å². The lowest BCUT2D eigenvalue weighted by atomic mass is 9.86. The van der Waals surface area contributed by atoms with Crippen LogP contribution < -0.4 is 0 Å². The first-order valence-electron chi connectivity index (χ1n) is 11.9. The molecule has 36 heavy (non-hydrogen) atoms. The van der Waals surface area contributed by atoms with Crippen molar-refractivity contribution in [3.8, 4) is 0 Å². The first kappa shape index (κ1) is 22.0. The zero-order valence-electron chi connectivity index (χ0n) is 19.7. The molecule has 4 aromatic rings. The van der Waals surface area contributed by atoms with Crippen molar-refractivity contribution in [2.24, 2.45) is 0 Å². The number of aromatic nitrogens is 1. The van der Waals surface area contributed by atoms with Crippen LogP contribution in [0.15, 0.2) is 72.8 Å². The second-order valence-electron chi connectivity index (χ2n) is 9.51. The molecule has 8 heteroatoms. The Hall–Kier alpha value is -4.46. The minimum absolute atomic E-state index is 0.0117. The predicted molar refractivity (Wildman–Crippen MR) is 134 cm³/mol. The molecule has 0 saturated carbocycles. The number of piperazine rings is 1. The van der Waals surface area contributed by atoms with E-state index in [4.69, 9.17) is 0 Å². The maximum Gasteiger partial charge on any atom is 0.269 e. The van der Waals surface area contributed by atoms with E-state index in [1.807, 2.05) is 55.5 Å². The number of nitro benzene ring substituents is 1. The van der Waals surface area contributed by atoms with E-state index in [0.29, 0.717) is 13.0 Å². The van der Waals surface area contributed by atoms with Gasteiger partial charge in [-0.05, 0) is 41.8 Å². The van der Waals surface area contributed by atoms with Crippen molar-refractivity contribution in [1.82, 2.24) is 14.8 Å². The fourth-order valence-electron chi connectivity index (χ4n) is 5.50. The van der Waals surface area contributed by atoms with Crippen molar-refractivity contribution in [2.75, 3.05) is 6.54 Å². The van der Waals surface area contributed by atoms with Crippen LogP contribution in [0.4, 0.5) is 5.69 Å². The van der Waals surface area contributed by atoms with Crippen molar-refractivity contribution >= 4 is 28.4 Å². The van der Waals surface area contributed by atoms with Gasteiger partial charge in [0.25, 0.3) is 5.69 Å². The van der Waals surface area contributed by atoms with Gasteiger partial charge in [0.05, 0.1) is 11.0 Å². The molecule has 6 rings (SSSR count). The zero-order valence-corrected chi connectivity index (χ0v) is 19.7. The molecular formula is C28H24N4O4. The highest BCUT2D eigenvalue weighted by Crippen LogP contribution is 2.42. The highest BCUT2D eigenvalue weighted by molar-refractivity contribution is 5.97. The predicted octanol–water partition coefficient (Wildman–Crippen LogP) is 4.27. The van der Waals surface area contributed by atoms with Crippen LogP contribution in [0.3, 0.4) is 0 Å². The fourth-order valence-corrected chi connectivity index (χ4v) is 5.50. The molecule has 0 bridgehead atoms. The largest absolute Gasteiger partial charge is 0.356 e. The second-order valence-corrected chi connectivity index (χ2v) is 9.51. The molecule has 1 fully saturated rings. The summed E-state index contributed by atoms with van der Waals surface area (Å²) in [6.45, 7) is 2.37. The summed E-state index contributed by atoms with van der Waals surface area (Å²) < 4.78 is 0. The number of benzene rings is 3. The number of aromatic amines is 1. The Balaban J connectivity index is 1.44. The third-order valence-corrected chi connectivity index (χ3v) is 7.26. The standard InChI is InChI=1S/C28H24N4O4/c1-17-6-8-18(9-7-17)15-30-16-25(33)31-24(28(30)34)14-22-21-4-2-3-5-23(21)29-26(22)27(31)19-10-12-20(13-11-19)32(35)36/h2-13,24,27,29H,14-16H2,1H3/t24-,27-/m1/s1. The molecule has 2 atom stereocenters. The van der Waals surface area contributed by atoms with Crippen molar-refractivity contribution in [2.45, 2.75) is 32.0 Å².